The Kier molecular flexibility index (Phi) is 11.8. The van der Waals surface area contributed by atoms with E-state index < -0.39 is 60.6 Å². The molecule has 14 nitrogen and oxygen atoms in total. The maximum Gasteiger partial charge on any atom is 0.422 e. The Hall–Kier alpha value is -5.19. The highest BCUT2D eigenvalue weighted by Gasteiger charge is 2.45. The van der Waals surface area contributed by atoms with E-state index in [1.54, 1.807) is 12.1 Å². The minimum absolute atomic E-state index is 0.0421. The molecule has 18 heteroatoms. The molecule has 1 heterocycles. The number of alkyl halides is 3. The molecule has 262 valence electrons. The fourth-order valence-electron chi connectivity index (χ4n) is 4.57. The van der Waals surface area contributed by atoms with Crippen molar-refractivity contribution in [3.63, 3.8) is 0 Å². The fraction of sp³-hybridized carbons (Fsp3) is 0.387. The van der Waals surface area contributed by atoms with Crippen LogP contribution in [0, 0.1) is 0 Å². The van der Waals surface area contributed by atoms with Gasteiger partial charge in [-0.15, -0.1) is 0 Å². The number of aromatic nitrogens is 3. The van der Waals surface area contributed by atoms with Crippen LogP contribution < -0.4 is 31.3 Å². The Balaban J connectivity index is 1.42. The molecule has 1 aromatic heterocycles. The molecule has 2 aromatic carbocycles. The molecular weight excluding hydrogens is 673 g/mol. The maximum atomic E-state index is 12.9. The lowest BCUT2D eigenvalue weighted by atomic mass is 10.1. The largest absolute Gasteiger partial charge is 0.480 e. The number of anilines is 3. The van der Waals surface area contributed by atoms with E-state index >= 15 is 0 Å². The molecule has 3 aromatic rings. The van der Waals surface area contributed by atoms with Crippen LogP contribution in [0.25, 0.3) is 0 Å². The summed E-state index contributed by atoms with van der Waals surface area (Å²) >= 11 is 6.01. The average molecular weight is 707 g/mol. The van der Waals surface area contributed by atoms with Crippen LogP contribution in [0.1, 0.15) is 55.5 Å². The predicted molar refractivity (Wildman–Crippen MR) is 172 cm³/mol. The third kappa shape index (κ3) is 10.7. The molecule has 0 bridgehead atoms. The number of carbonyl (C=O) groups is 4. The van der Waals surface area contributed by atoms with Crippen LogP contribution >= 0.6 is 11.6 Å². The number of nitrogens with one attached hydrogen (secondary N) is 5. The van der Waals surface area contributed by atoms with Crippen molar-refractivity contribution in [1.82, 2.24) is 30.9 Å². The molecule has 0 spiro atoms. The molecule has 1 saturated carbocycles. The van der Waals surface area contributed by atoms with Gasteiger partial charge in [-0.3, -0.25) is 14.4 Å². The molecule has 3 amide bonds. The molecule has 49 heavy (non-hydrogen) atoms. The Morgan fingerprint density at radius 3 is 2.12 bits per heavy atom. The molecule has 0 saturated heterocycles. The van der Waals surface area contributed by atoms with Crippen molar-refractivity contribution >= 4 is 52.9 Å². The van der Waals surface area contributed by atoms with Gasteiger partial charge in [-0.1, -0.05) is 37.6 Å². The van der Waals surface area contributed by atoms with Gasteiger partial charge in [-0.2, -0.15) is 28.1 Å². The number of carbonyl (C=O) groups excluding carboxylic acids is 3. The molecule has 1 aliphatic rings. The minimum Gasteiger partial charge on any atom is -0.480 e. The van der Waals surface area contributed by atoms with Crippen LogP contribution in [-0.2, 0) is 19.9 Å². The van der Waals surface area contributed by atoms with Gasteiger partial charge in [0, 0.05) is 28.9 Å². The first-order valence-electron chi connectivity index (χ1n) is 15.2. The van der Waals surface area contributed by atoms with Crippen molar-refractivity contribution in [2.75, 3.05) is 23.8 Å². The molecule has 4 rings (SSSR count). The number of rotatable bonds is 15. The second-order valence-electron chi connectivity index (χ2n) is 11.1. The lowest BCUT2D eigenvalue weighted by Crippen LogP contribution is -2.51. The van der Waals surface area contributed by atoms with E-state index in [0.717, 1.165) is 5.56 Å². The second-order valence-corrected chi connectivity index (χ2v) is 11.6. The lowest BCUT2D eigenvalue weighted by molar-refractivity contribution is -0.154. The summed E-state index contributed by atoms with van der Waals surface area (Å²) in [6, 6.07) is 10.3. The normalized spacial score (nSPS) is 13.9. The number of carboxylic acids is 1. The topological polar surface area (TPSA) is 197 Å². The minimum atomic E-state index is -4.64. The molecule has 1 aliphatic carbocycles. The number of amides is 3. The zero-order valence-corrected chi connectivity index (χ0v) is 27.1. The first-order valence-corrected chi connectivity index (χ1v) is 15.6. The van der Waals surface area contributed by atoms with Crippen molar-refractivity contribution in [3.8, 4) is 6.01 Å². The van der Waals surface area contributed by atoms with Gasteiger partial charge in [0.25, 0.3) is 5.91 Å². The highest BCUT2D eigenvalue weighted by molar-refractivity contribution is 6.35. The van der Waals surface area contributed by atoms with Crippen molar-refractivity contribution in [1.29, 1.82) is 0 Å². The smallest absolute Gasteiger partial charge is 0.422 e. The van der Waals surface area contributed by atoms with Gasteiger partial charge in [-0.25, -0.2) is 4.79 Å². The summed E-state index contributed by atoms with van der Waals surface area (Å²) in [5.41, 5.74) is 0.684. The highest BCUT2D eigenvalue weighted by atomic mass is 35.5. The quantitative estimate of drug-likeness (QED) is 0.125. The van der Waals surface area contributed by atoms with Gasteiger partial charge in [0.2, 0.25) is 11.9 Å². The maximum absolute atomic E-state index is 12.9. The monoisotopic (exact) mass is 706 g/mol. The number of benzene rings is 2. The van der Waals surface area contributed by atoms with Crippen LogP contribution in [0.2, 0.25) is 5.02 Å². The summed E-state index contributed by atoms with van der Waals surface area (Å²) in [6.45, 7) is 1.50. The summed E-state index contributed by atoms with van der Waals surface area (Å²) in [5, 5.41) is 23.1. The zero-order chi connectivity index (χ0) is 35.8. The summed E-state index contributed by atoms with van der Waals surface area (Å²) in [5.74, 6) is -4.39. The van der Waals surface area contributed by atoms with E-state index in [-0.39, 0.29) is 23.5 Å². The van der Waals surface area contributed by atoms with Crippen molar-refractivity contribution in [2.24, 2.45) is 0 Å². The Morgan fingerprint density at radius 2 is 1.55 bits per heavy atom. The lowest BCUT2D eigenvalue weighted by Gasteiger charge is -2.19. The van der Waals surface area contributed by atoms with Gasteiger partial charge in [0.15, 0.2) is 6.61 Å². The molecule has 6 N–H and O–H groups in total. The predicted octanol–water partition coefficient (Wildman–Crippen LogP) is 3.91. The Labute approximate surface area is 283 Å². The van der Waals surface area contributed by atoms with E-state index in [4.69, 9.17) is 16.3 Å². The molecule has 0 unspecified atom stereocenters. The average Bonchev–Trinajstić information content (AvgIpc) is 3.84. The van der Waals surface area contributed by atoms with Crippen LogP contribution in [0.4, 0.5) is 30.8 Å². The third-order valence-electron chi connectivity index (χ3n) is 7.48. The SMILES string of the molecule is CCC(CC)NC(=O)C(=O)NC[C@H](NC(=O)c1ccc(Nc2nc(NC3(c4ccc(Cl)cc4)CC3)nc(OCC(F)(F)F)n2)cc1)C(=O)O. The highest BCUT2D eigenvalue weighted by Crippen LogP contribution is 2.48. The number of carboxylic acid groups (broad SMARTS) is 1. The second kappa shape index (κ2) is 15.8. The number of halogens is 4. The van der Waals surface area contributed by atoms with Gasteiger partial charge in [0.1, 0.15) is 6.04 Å². The van der Waals surface area contributed by atoms with Gasteiger partial charge in [-0.05, 0) is 67.6 Å². The van der Waals surface area contributed by atoms with Crippen molar-refractivity contribution < 1.29 is 42.2 Å². The molecule has 0 aliphatic heterocycles. The summed E-state index contributed by atoms with van der Waals surface area (Å²) in [4.78, 5) is 61.0. The van der Waals surface area contributed by atoms with E-state index in [1.165, 1.54) is 24.3 Å². The summed E-state index contributed by atoms with van der Waals surface area (Å²) in [6.07, 6.45) is -2.02. The van der Waals surface area contributed by atoms with Crippen LogP contribution in [0.15, 0.2) is 48.5 Å². The van der Waals surface area contributed by atoms with Crippen LogP contribution in [0.3, 0.4) is 0 Å². The van der Waals surface area contributed by atoms with Crippen molar-refractivity contribution in [2.45, 2.75) is 63.3 Å². The molecule has 0 radical (unpaired) electrons. The number of hydrogen-bond donors (Lipinski definition) is 6. The Bertz CT molecular complexity index is 1650. The molecular formula is C31H34ClF3N8O6. The standard InChI is InChI=1S/C31H34ClF3N8O6/c1-3-20(4-2)37-25(46)24(45)36-15-22(26(47)48)39-23(44)17-5-11-21(12-6-17)38-27-40-28(42-29(41-27)49-16-31(33,34)35)43-30(13-14-30)18-7-9-19(32)10-8-18/h5-12,20,22H,3-4,13-16H2,1-2H3,(H,36,45)(H,37,46)(H,39,44)(H,47,48)(H2,38,40,41,42,43)/t22-/m0/s1. The summed E-state index contributed by atoms with van der Waals surface area (Å²) < 4.78 is 43.5. The van der Waals surface area contributed by atoms with Gasteiger partial charge < -0.3 is 36.4 Å². The van der Waals surface area contributed by atoms with Gasteiger partial charge >= 0.3 is 30.0 Å². The number of ether oxygens (including phenoxy) is 1. The molecule has 1 atom stereocenters. The Morgan fingerprint density at radius 1 is 0.918 bits per heavy atom. The first kappa shape index (κ1) is 36.6. The zero-order valence-electron chi connectivity index (χ0n) is 26.4. The van der Waals surface area contributed by atoms with E-state index in [9.17, 15) is 37.5 Å². The first-order chi connectivity index (χ1) is 23.2. The van der Waals surface area contributed by atoms with Crippen LogP contribution in [-0.4, -0.2) is 75.2 Å². The third-order valence-corrected chi connectivity index (χ3v) is 7.73. The number of hydrogen-bond acceptors (Lipinski definition) is 10. The van der Waals surface area contributed by atoms with E-state index in [2.05, 4.69) is 41.5 Å². The van der Waals surface area contributed by atoms with Gasteiger partial charge in [0.05, 0.1) is 5.54 Å². The van der Waals surface area contributed by atoms with Crippen LogP contribution in [0.5, 0.6) is 6.01 Å². The number of nitrogens with zero attached hydrogens (tertiary/aromatic N) is 3. The van der Waals surface area contributed by atoms with E-state index in [0.29, 0.717) is 36.4 Å². The number of aliphatic carboxylic acids is 1. The van der Waals surface area contributed by atoms with E-state index in [1.807, 2.05) is 26.0 Å². The van der Waals surface area contributed by atoms with Crippen molar-refractivity contribution in [3.05, 3.63) is 64.7 Å². The summed E-state index contributed by atoms with van der Waals surface area (Å²) in [7, 11) is 0. The molecule has 1 fully saturated rings. The fourth-order valence-corrected chi connectivity index (χ4v) is 4.69.